The van der Waals surface area contributed by atoms with Crippen molar-refractivity contribution >= 4 is 17.0 Å². The van der Waals surface area contributed by atoms with Crippen LogP contribution in [0.5, 0.6) is 0 Å². The molecule has 1 aromatic carbocycles. The first kappa shape index (κ1) is 13.1. The summed E-state index contributed by atoms with van der Waals surface area (Å²) in [7, 11) is 0. The van der Waals surface area contributed by atoms with Gasteiger partial charge in [-0.05, 0) is 25.0 Å². The molecule has 5 nitrogen and oxygen atoms in total. The van der Waals surface area contributed by atoms with Crippen molar-refractivity contribution in [1.29, 1.82) is 0 Å². The van der Waals surface area contributed by atoms with Crippen LogP contribution in [-0.2, 0) is 6.54 Å². The zero-order valence-corrected chi connectivity index (χ0v) is 11.3. The Morgan fingerprint density at radius 1 is 1.50 bits per heavy atom. The molecule has 0 bridgehead atoms. The highest BCUT2D eigenvalue weighted by atomic mass is 32.1. The molecule has 0 spiro atoms. The van der Waals surface area contributed by atoms with E-state index < -0.39 is 16.4 Å². The summed E-state index contributed by atoms with van der Waals surface area (Å²) in [5, 5.41) is 16.9. The summed E-state index contributed by atoms with van der Waals surface area (Å²) < 4.78 is 13.3. The molecule has 0 amide bonds. The van der Waals surface area contributed by atoms with Crippen molar-refractivity contribution in [3.05, 3.63) is 44.5 Å². The first-order chi connectivity index (χ1) is 9.63. The van der Waals surface area contributed by atoms with Crippen molar-refractivity contribution in [1.82, 2.24) is 10.3 Å². The molecule has 1 aliphatic carbocycles. The van der Waals surface area contributed by atoms with E-state index >= 15 is 0 Å². The van der Waals surface area contributed by atoms with E-state index in [1.165, 1.54) is 36.3 Å². The summed E-state index contributed by atoms with van der Waals surface area (Å²) in [6.45, 7) is 0.707. The Morgan fingerprint density at radius 2 is 2.30 bits per heavy atom. The van der Waals surface area contributed by atoms with Gasteiger partial charge in [0, 0.05) is 29.6 Å². The highest BCUT2D eigenvalue weighted by Crippen LogP contribution is 2.28. The normalized spacial score (nSPS) is 14.4. The van der Waals surface area contributed by atoms with Crippen molar-refractivity contribution in [2.45, 2.75) is 25.4 Å². The van der Waals surface area contributed by atoms with Crippen LogP contribution in [0, 0.1) is 15.9 Å². The van der Waals surface area contributed by atoms with Crippen molar-refractivity contribution in [3.63, 3.8) is 0 Å². The van der Waals surface area contributed by atoms with Crippen LogP contribution < -0.4 is 5.32 Å². The average molecular weight is 293 g/mol. The minimum Gasteiger partial charge on any atom is -0.308 e. The van der Waals surface area contributed by atoms with Gasteiger partial charge in [-0.25, -0.2) is 4.98 Å². The number of thiazole rings is 1. The predicted molar refractivity (Wildman–Crippen MR) is 74.0 cm³/mol. The highest BCUT2D eigenvalue weighted by Gasteiger charge is 2.21. The first-order valence-electron chi connectivity index (χ1n) is 6.25. The molecule has 1 aliphatic rings. The highest BCUT2D eigenvalue weighted by molar-refractivity contribution is 7.09. The van der Waals surface area contributed by atoms with E-state index in [-0.39, 0.29) is 0 Å². The summed E-state index contributed by atoms with van der Waals surface area (Å²) >= 11 is 1.50. The number of benzene rings is 1. The number of nitro groups is 1. The Kier molecular flexibility index (Phi) is 3.45. The second kappa shape index (κ2) is 5.26. The van der Waals surface area contributed by atoms with Gasteiger partial charge in [0.25, 0.3) is 0 Å². The van der Waals surface area contributed by atoms with Gasteiger partial charge in [-0.1, -0.05) is 0 Å². The molecule has 20 heavy (non-hydrogen) atoms. The van der Waals surface area contributed by atoms with E-state index in [0.29, 0.717) is 23.8 Å². The van der Waals surface area contributed by atoms with Gasteiger partial charge in [-0.15, -0.1) is 11.3 Å². The fraction of sp³-hybridized carbons (Fsp3) is 0.308. The number of hydrogen-bond acceptors (Lipinski definition) is 5. The minimum absolute atomic E-state index is 0.520. The van der Waals surface area contributed by atoms with Crippen LogP contribution in [-0.4, -0.2) is 15.9 Å². The van der Waals surface area contributed by atoms with Crippen LogP contribution >= 0.6 is 11.3 Å². The number of aromatic nitrogens is 1. The third-order valence-corrected chi connectivity index (χ3v) is 3.96. The molecule has 1 heterocycles. The zero-order chi connectivity index (χ0) is 14.1. The molecule has 3 rings (SSSR count). The van der Waals surface area contributed by atoms with Crippen molar-refractivity contribution in [3.8, 4) is 11.3 Å². The van der Waals surface area contributed by atoms with Gasteiger partial charge in [0.15, 0.2) is 0 Å². The lowest BCUT2D eigenvalue weighted by molar-refractivity contribution is -0.387. The molecule has 0 saturated heterocycles. The monoisotopic (exact) mass is 293 g/mol. The van der Waals surface area contributed by atoms with Gasteiger partial charge in [-0.3, -0.25) is 10.1 Å². The standard InChI is InChI=1S/C13H12FN3O2S/c14-10-4-1-8(5-12(10)17(18)19)11-7-20-13(16-11)6-15-9-2-3-9/h1,4-5,7,9,15H,2-3,6H2. The fourth-order valence-electron chi connectivity index (χ4n) is 1.86. The third kappa shape index (κ3) is 2.83. The van der Waals surface area contributed by atoms with Gasteiger partial charge in [0.2, 0.25) is 5.82 Å². The quantitative estimate of drug-likeness (QED) is 0.679. The largest absolute Gasteiger partial charge is 0.308 e. The zero-order valence-electron chi connectivity index (χ0n) is 10.5. The van der Waals surface area contributed by atoms with Gasteiger partial charge in [0.05, 0.1) is 10.6 Å². The molecule has 104 valence electrons. The van der Waals surface area contributed by atoms with Crippen LogP contribution in [0.2, 0.25) is 0 Å². The summed E-state index contributed by atoms with van der Waals surface area (Å²) in [6, 6.07) is 4.45. The van der Waals surface area contributed by atoms with Gasteiger partial charge >= 0.3 is 5.69 Å². The van der Waals surface area contributed by atoms with Crippen molar-refractivity contribution in [2.24, 2.45) is 0 Å². The SMILES string of the molecule is O=[N+]([O-])c1cc(-c2csc(CNC3CC3)n2)ccc1F. The summed E-state index contributed by atoms with van der Waals surface area (Å²) in [4.78, 5) is 14.4. The molecular formula is C13H12FN3O2S. The lowest BCUT2D eigenvalue weighted by Gasteiger charge is -1.99. The van der Waals surface area contributed by atoms with Gasteiger partial charge in [0.1, 0.15) is 5.01 Å². The lowest BCUT2D eigenvalue weighted by Crippen LogP contribution is -2.14. The van der Waals surface area contributed by atoms with Crippen LogP contribution in [0.25, 0.3) is 11.3 Å². The van der Waals surface area contributed by atoms with E-state index in [1.54, 1.807) is 0 Å². The van der Waals surface area contributed by atoms with E-state index in [0.717, 1.165) is 11.1 Å². The van der Waals surface area contributed by atoms with Crippen LogP contribution in [0.4, 0.5) is 10.1 Å². The number of halogens is 1. The Labute approximate surface area is 118 Å². The van der Waals surface area contributed by atoms with Crippen LogP contribution in [0.15, 0.2) is 23.6 Å². The summed E-state index contributed by atoms with van der Waals surface area (Å²) in [5.74, 6) is -0.829. The fourth-order valence-corrected chi connectivity index (χ4v) is 2.61. The second-order valence-electron chi connectivity index (χ2n) is 4.70. The maximum Gasteiger partial charge on any atom is 0.305 e. The van der Waals surface area contributed by atoms with E-state index in [9.17, 15) is 14.5 Å². The van der Waals surface area contributed by atoms with E-state index in [1.807, 2.05) is 5.38 Å². The number of hydrogen-bond donors (Lipinski definition) is 1. The number of rotatable bonds is 5. The molecule has 1 fully saturated rings. The molecule has 1 saturated carbocycles. The second-order valence-corrected chi connectivity index (χ2v) is 5.65. The van der Waals surface area contributed by atoms with Gasteiger partial charge in [-0.2, -0.15) is 4.39 Å². The molecule has 2 aromatic rings. The summed E-state index contributed by atoms with van der Waals surface area (Å²) in [6.07, 6.45) is 2.42. The Balaban J connectivity index is 1.81. The first-order valence-corrected chi connectivity index (χ1v) is 7.13. The lowest BCUT2D eigenvalue weighted by atomic mass is 10.1. The van der Waals surface area contributed by atoms with Crippen molar-refractivity contribution < 1.29 is 9.31 Å². The molecule has 1 aromatic heterocycles. The molecule has 0 aliphatic heterocycles. The Hall–Kier alpha value is -1.86. The molecule has 0 radical (unpaired) electrons. The van der Waals surface area contributed by atoms with Crippen LogP contribution in [0.3, 0.4) is 0 Å². The van der Waals surface area contributed by atoms with Crippen molar-refractivity contribution in [2.75, 3.05) is 0 Å². The topological polar surface area (TPSA) is 68.1 Å². The third-order valence-electron chi connectivity index (χ3n) is 3.11. The van der Waals surface area contributed by atoms with E-state index in [4.69, 9.17) is 0 Å². The Bertz CT molecular complexity index is 655. The number of nitrogens with one attached hydrogen (secondary N) is 1. The average Bonchev–Trinajstić information content (AvgIpc) is 3.14. The maximum atomic E-state index is 13.3. The number of nitrogens with zero attached hydrogens (tertiary/aromatic N) is 2. The predicted octanol–water partition coefficient (Wildman–Crippen LogP) is 3.11. The molecular weight excluding hydrogens is 281 g/mol. The molecule has 0 atom stereocenters. The number of nitro benzene ring substituents is 1. The van der Waals surface area contributed by atoms with Gasteiger partial charge < -0.3 is 5.32 Å². The van der Waals surface area contributed by atoms with Crippen LogP contribution in [0.1, 0.15) is 17.8 Å². The maximum absolute atomic E-state index is 13.3. The summed E-state index contributed by atoms with van der Waals surface area (Å²) in [5.41, 5.74) is 0.686. The minimum atomic E-state index is -0.829. The molecule has 1 N–H and O–H groups in total. The van der Waals surface area contributed by atoms with E-state index in [2.05, 4.69) is 10.3 Å². The molecule has 0 unspecified atom stereocenters. The smallest absolute Gasteiger partial charge is 0.305 e. The molecule has 7 heteroatoms. The Morgan fingerprint density at radius 3 is 3.00 bits per heavy atom.